The second-order valence-electron chi connectivity index (χ2n) is 14.0. The van der Waals surface area contributed by atoms with Crippen molar-refractivity contribution in [3.8, 4) is 45.7 Å². The number of sulfonamides is 1. The van der Waals surface area contributed by atoms with Gasteiger partial charge in [-0.15, -0.1) is 0 Å². The molecular weight excluding hydrogens is 966 g/mol. The van der Waals surface area contributed by atoms with E-state index in [9.17, 15) is 25.3 Å². The third-order valence-corrected chi connectivity index (χ3v) is 14.9. The summed E-state index contributed by atoms with van der Waals surface area (Å²) in [6.45, 7) is 6.57. The Hall–Kier alpha value is -5.27. The minimum absolute atomic E-state index is 0. The van der Waals surface area contributed by atoms with Crippen LogP contribution in [0, 0.1) is 0 Å². The molecule has 5 N–H and O–H groups in total. The molecule has 4 aromatic heterocycles. The number of hydrogen-bond acceptors (Lipinski definition) is 15. The Bertz CT molecular complexity index is 3250. The van der Waals surface area contributed by atoms with Crippen molar-refractivity contribution in [2.45, 2.75) is 49.9 Å². The number of aromatic nitrogens is 9. The average Bonchev–Trinajstić information content (AvgIpc) is 4.00. The van der Waals surface area contributed by atoms with Crippen LogP contribution in [0.5, 0.6) is 0 Å². The number of pyridine rings is 1. The molecule has 0 amide bonds. The Morgan fingerprint density at radius 3 is 1.54 bits per heavy atom. The van der Waals surface area contributed by atoms with Crippen molar-refractivity contribution in [2.75, 3.05) is 12.3 Å². The maximum Gasteiger partial charge on any atom is 2.00 e. The first-order valence-electron chi connectivity index (χ1n) is 19.8. The number of benzene rings is 3. The first-order valence-corrected chi connectivity index (χ1v) is 25.4. The number of rotatable bonds is 10. The van der Waals surface area contributed by atoms with Crippen molar-refractivity contribution in [3.63, 3.8) is 0 Å². The zero-order valence-electron chi connectivity index (χ0n) is 34.9. The van der Waals surface area contributed by atoms with Crippen molar-refractivity contribution < 1.29 is 51.4 Å². The Morgan fingerprint density at radius 1 is 0.646 bits per heavy atom. The predicted molar refractivity (Wildman–Crippen MR) is 247 cm³/mol. The van der Waals surface area contributed by atoms with E-state index in [2.05, 4.69) is 9.71 Å². The number of nitrogens with one attached hydrogen (secondary N) is 1. The Morgan fingerprint density at radius 2 is 1.08 bits per heavy atom. The number of nitrogens with zero attached hydrogens (tertiary/aromatic N) is 9. The molecule has 3 atom stereocenters. The standard InChI is InChI=1S/C31H15N9.C8H20N2O8S4.C2H6.Cu/c1-2-9-17-16(8-1)24-33-25(17)35-27-20-12-5-6-13-21(20)29(37-27)39-31-23-22(14-7-15-32-23)30(40-31)38-28-19-11-4-3-10-18(19)26(34-24)36-28;1-3-7(22(16,17)18)8(21(9,14)15)6(2)19-10-4-5-20(11,12)13;1-2;/h1-15H;6-8,10H,3-5H2,1-2H3,(H2,9,14,15)(H,11,12,13)(H,16,17,18);1-2H3;/q-2;;;+2. The van der Waals surface area contributed by atoms with Crippen molar-refractivity contribution >= 4 is 86.3 Å². The molecule has 65 heavy (non-hydrogen) atoms. The van der Waals surface area contributed by atoms with Crippen molar-refractivity contribution in [3.05, 3.63) is 91.1 Å². The van der Waals surface area contributed by atoms with Crippen LogP contribution < -0.4 is 19.8 Å². The summed E-state index contributed by atoms with van der Waals surface area (Å²) in [5.74, 6) is 1.38. The minimum Gasteiger partial charge on any atom is -0.357 e. The van der Waals surface area contributed by atoms with Gasteiger partial charge in [0.2, 0.25) is 10.0 Å². The van der Waals surface area contributed by atoms with Crippen LogP contribution in [0.1, 0.15) is 34.1 Å². The van der Waals surface area contributed by atoms with Gasteiger partial charge in [0.05, 0.1) is 17.4 Å². The van der Waals surface area contributed by atoms with E-state index in [1.165, 1.54) is 13.8 Å². The normalized spacial score (nSPS) is 13.5. The number of nitrogens with two attached hydrogens (primary N) is 1. The molecule has 0 saturated heterocycles. The molecule has 0 fully saturated rings. The molecule has 24 heteroatoms. The number of fused-ring (bicyclic) bond motifs is 20. The summed E-state index contributed by atoms with van der Waals surface area (Å²) in [6.07, 6.45) is 1.55. The zero-order valence-corrected chi connectivity index (χ0v) is 39.1. The van der Waals surface area contributed by atoms with Crippen LogP contribution >= 0.6 is 11.9 Å². The first kappa shape index (κ1) is 49.2. The Labute approximate surface area is 389 Å². The summed E-state index contributed by atoms with van der Waals surface area (Å²) in [6, 6.07) is 27.5. The van der Waals surface area contributed by atoms with E-state index in [1.807, 2.05) is 98.8 Å². The van der Waals surface area contributed by atoms with Gasteiger partial charge in [0.15, 0.2) is 11.6 Å². The van der Waals surface area contributed by atoms with Crippen LogP contribution in [-0.4, -0.2) is 97.3 Å². The van der Waals surface area contributed by atoms with Crippen molar-refractivity contribution in [1.82, 2.24) is 49.6 Å². The van der Waals surface area contributed by atoms with E-state index >= 15 is 0 Å². The molecule has 3 aromatic carbocycles. The summed E-state index contributed by atoms with van der Waals surface area (Å²) in [5.41, 5.74) is 5.31. The second kappa shape index (κ2) is 20.1. The quantitative estimate of drug-likeness (QED) is 0.0579. The number of primary sulfonamides is 1. The van der Waals surface area contributed by atoms with Gasteiger partial charge in [0.1, 0.15) is 16.2 Å². The van der Waals surface area contributed by atoms with Crippen molar-refractivity contribution in [2.24, 2.45) is 5.14 Å². The molecule has 8 bridgehead atoms. The summed E-state index contributed by atoms with van der Waals surface area (Å²) in [5, 5.41) is 4.48. The molecule has 0 saturated carbocycles. The van der Waals surface area contributed by atoms with Crippen LogP contribution in [0.4, 0.5) is 0 Å². The molecule has 0 spiro atoms. The van der Waals surface area contributed by atoms with E-state index < -0.39 is 51.8 Å². The maximum atomic E-state index is 11.6. The molecule has 2 aliphatic rings. The van der Waals surface area contributed by atoms with Gasteiger partial charge in [-0.1, -0.05) is 112 Å². The minimum atomic E-state index is -4.63. The van der Waals surface area contributed by atoms with Crippen LogP contribution in [0.15, 0.2) is 91.1 Å². The third kappa shape index (κ3) is 10.7. The molecule has 1 radical (unpaired) electrons. The molecule has 6 heterocycles. The summed E-state index contributed by atoms with van der Waals surface area (Å²) in [4.78, 5) is 43.6. The number of hydrogen-bond donors (Lipinski definition) is 4. The largest absolute Gasteiger partial charge is 2.00 e. The fraction of sp³-hybridized carbons (Fsp3) is 0.244. The average molecular weight is 1010 g/mol. The molecule has 343 valence electrons. The SMILES string of the molecule is CC.CCC(C(C(C)SNCCS(=O)(=O)O)S(N)(=O)=O)S(=O)(=O)O.[Cu+2].c1ccc2c(c1)-c1nc-2nc2[n-]c(nc3[n-]c(nc4nc(n1)-c1ncccc1-4)c1ccccc31)c1ccccc21. The third-order valence-electron chi connectivity index (χ3n) is 9.91. The van der Waals surface area contributed by atoms with Crippen LogP contribution in [0.25, 0.3) is 89.8 Å². The first-order chi connectivity index (χ1) is 30.5. The molecule has 9 rings (SSSR count). The second-order valence-corrected chi connectivity index (χ2v) is 20.2. The van der Waals surface area contributed by atoms with Crippen LogP contribution in [0.3, 0.4) is 0 Å². The smallest absolute Gasteiger partial charge is 0.357 e. The zero-order chi connectivity index (χ0) is 46.0. The molecule has 0 aliphatic carbocycles. The van der Waals surface area contributed by atoms with Gasteiger partial charge in [0.25, 0.3) is 20.2 Å². The molecule has 2 aliphatic heterocycles. The van der Waals surface area contributed by atoms with Gasteiger partial charge in [-0.2, -0.15) is 16.8 Å². The van der Waals surface area contributed by atoms with Crippen LogP contribution in [0.2, 0.25) is 0 Å². The Kier molecular flexibility index (Phi) is 15.2. The maximum absolute atomic E-state index is 11.6. The topological polar surface area (TPSA) is 299 Å². The Balaban J connectivity index is 0.000000242. The van der Waals surface area contributed by atoms with Gasteiger partial charge in [-0.3, -0.25) is 18.8 Å². The summed E-state index contributed by atoms with van der Waals surface area (Å²) in [7, 11) is -13.1. The fourth-order valence-electron chi connectivity index (χ4n) is 7.16. The van der Waals surface area contributed by atoms with E-state index in [-0.39, 0.29) is 30.0 Å². The summed E-state index contributed by atoms with van der Waals surface area (Å²) < 4.78 is 87.2. The van der Waals surface area contributed by atoms with Crippen molar-refractivity contribution in [1.29, 1.82) is 0 Å². The monoisotopic (exact) mass is 1010 g/mol. The van der Waals surface area contributed by atoms with Crippen LogP contribution in [-0.2, 0) is 47.3 Å². The van der Waals surface area contributed by atoms with Gasteiger partial charge < -0.3 is 24.9 Å². The molecule has 19 nitrogen and oxygen atoms in total. The van der Waals surface area contributed by atoms with E-state index in [1.54, 1.807) is 6.20 Å². The van der Waals surface area contributed by atoms with Gasteiger partial charge >= 0.3 is 17.1 Å². The van der Waals surface area contributed by atoms with E-state index in [0.717, 1.165) is 50.2 Å². The fourth-order valence-corrected chi connectivity index (χ4v) is 12.2. The van der Waals surface area contributed by atoms with E-state index in [4.69, 9.17) is 54.1 Å². The van der Waals surface area contributed by atoms with Gasteiger partial charge in [-0.25, -0.2) is 28.5 Å². The van der Waals surface area contributed by atoms with Gasteiger partial charge in [0, 0.05) is 57.3 Å². The predicted octanol–water partition coefficient (Wildman–Crippen LogP) is 5.37. The molecule has 7 aromatic rings. The molecular formula is C41H41CuN11O8S4. The van der Waals surface area contributed by atoms with E-state index in [0.29, 0.717) is 51.6 Å². The molecule has 3 unspecified atom stereocenters. The summed E-state index contributed by atoms with van der Waals surface area (Å²) >= 11 is 0.752. The van der Waals surface area contributed by atoms with Gasteiger partial charge in [-0.05, 0) is 40.1 Å².